The second kappa shape index (κ2) is 4.87. The zero-order chi connectivity index (χ0) is 12.4. The third kappa shape index (κ3) is 2.49. The number of nitrogens with zero attached hydrogens (tertiary/aromatic N) is 1. The van der Waals surface area contributed by atoms with Crippen LogP contribution in [0.5, 0.6) is 0 Å². The molecule has 1 aromatic carbocycles. The molecule has 0 aliphatic carbocycles. The molecule has 0 radical (unpaired) electrons. The lowest BCUT2D eigenvalue weighted by molar-refractivity contribution is 0.0845. The van der Waals surface area contributed by atoms with Crippen molar-refractivity contribution in [3.63, 3.8) is 0 Å². The first-order valence-electron chi connectivity index (χ1n) is 5.39. The summed E-state index contributed by atoms with van der Waals surface area (Å²) in [6, 6.07) is 6.48. The number of carboxylic acid groups (broad SMARTS) is 1. The SMILES string of the molecule is O=C(c1ccc(Br)cc1)C1CCCN1C(=O)O. The van der Waals surface area contributed by atoms with Gasteiger partial charge in [0.25, 0.3) is 0 Å². The van der Waals surface area contributed by atoms with Gasteiger partial charge >= 0.3 is 6.09 Å². The van der Waals surface area contributed by atoms with Crippen molar-refractivity contribution >= 4 is 27.8 Å². The van der Waals surface area contributed by atoms with Crippen LogP contribution in [0.1, 0.15) is 23.2 Å². The molecule has 0 bridgehead atoms. The highest BCUT2D eigenvalue weighted by Crippen LogP contribution is 2.22. The summed E-state index contributed by atoms with van der Waals surface area (Å²) in [5.41, 5.74) is 0.561. The fourth-order valence-electron chi connectivity index (χ4n) is 2.07. The molecule has 0 aromatic heterocycles. The first kappa shape index (κ1) is 12.1. The summed E-state index contributed by atoms with van der Waals surface area (Å²) in [4.78, 5) is 24.3. The summed E-state index contributed by atoms with van der Waals surface area (Å²) in [6.45, 7) is 0.447. The minimum absolute atomic E-state index is 0.114. The Bertz CT molecular complexity index is 444. The molecule has 0 spiro atoms. The van der Waals surface area contributed by atoms with Crippen molar-refractivity contribution < 1.29 is 14.7 Å². The van der Waals surface area contributed by atoms with E-state index in [4.69, 9.17) is 5.11 Å². The normalized spacial score (nSPS) is 19.4. The van der Waals surface area contributed by atoms with Gasteiger partial charge in [-0.1, -0.05) is 28.1 Å². The van der Waals surface area contributed by atoms with Gasteiger partial charge in [-0.2, -0.15) is 0 Å². The van der Waals surface area contributed by atoms with Gasteiger partial charge in [-0.05, 0) is 25.0 Å². The van der Waals surface area contributed by atoms with E-state index < -0.39 is 12.1 Å². The number of benzene rings is 1. The molecule has 90 valence electrons. The Labute approximate surface area is 107 Å². The number of likely N-dealkylation sites (tertiary alicyclic amines) is 1. The van der Waals surface area contributed by atoms with Gasteiger partial charge in [0.1, 0.15) is 0 Å². The lowest BCUT2D eigenvalue weighted by Gasteiger charge is -2.20. The summed E-state index contributed by atoms with van der Waals surface area (Å²) in [6.07, 6.45) is 0.346. The number of amides is 1. The van der Waals surface area contributed by atoms with Gasteiger partial charge in [0.05, 0.1) is 6.04 Å². The van der Waals surface area contributed by atoms with Crippen LogP contribution in [0.4, 0.5) is 4.79 Å². The third-order valence-corrected chi connectivity index (χ3v) is 3.46. The molecular weight excluding hydrogens is 286 g/mol. The number of carbonyl (C=O) groups is 2. The van der Waals surface area contributed by atoms with Crippen molar-refractivity contribution in [2.24, 2.45) is 0 Å². The Morgan fingerprint density at radius 3 is 2.53 bits per heavy atom. The first-order valence-corrected chi connectivity index (χ1v) is 6.18. The van der Waals surface area contributed by atoms with Crippen LogP contribution in [-0.2, 0) is 0 Å². The highest BCUT2D eigenvalue weighted by Gasteiger charge is 2.34. The number of rotatable bonds is 2. The van der Waals surface area contributed by atoms with Crippen molar-refractivity contribution in [3.8, 4) is 0 Å². The van der Waals surface area contributed by atoms with Gasteiger partial charge < -0.3 is 5.11 Å². The van der Waals surface area contributed by atoms with Gasteiger partial charge in [0, 0.05) is 16.6 Å². The van der Waals surface area contributed by atoms with Crippen LogP contribution in [0.2, 0.25) is 0 Å². The van der Waals surface area contributed by atoms with Crippen LogP contribution in [0.3, 0.4) is 0 Å². The summed E-state index contributed by atoms with van der Waals surface area (Å²) in [7, 11) is 0. The van der Waals surface area contributed by atoms with Crippen LogP contribution >= 0.6 is 15.9 Å². The highest BCUT2D eigenvalue weighted by molar-refractivity contribution is 9.10. The Morgan fingerprint density at radius 1 is 1.29 bits per heavy atom. The number of ketones is 1. The number of Topliss-reactive ketones (excluding diaryl/α,β-unsaturated/α-hetero) is 1. The molecular formula is C12H12BrNO3. The first-order chi connectivity index (χ1) is 8.09. The van der Waals surface area contributed by atoms with Crippen LogP contribution in [-0.4, -0.2) is 34.5 Å². The van der Waals surface area contributed by atoms with E-state index in [9.17, 15) is 9.59 Å². The Morgan fingerprint density at radius 2 is 1.94 bits per heavy atom. The predicted octanol–water partition coefficient (Wildman–Crippen LogP) is 2.77. The highest BCUT2D eigenvalue weighted by atomic mass is 79.9. The average molecular weight is 298 g/mol. The largest absolute Gasteiger partial charge is 0.465 e. The molecule has 1 amide bonds. The molecule has 1 aliphatic heterocycles. The van der Waals surface area contributed by atoms with E-state index >= 15 is 0 Å². The molecule has 1 atom stereocenters. The maximum atomic E-state index is 12.2. The Balaban J connectivity index is 2.19. The van der Waals surface area contributed by atoms with Crippen LogP contribution in [0, 0.1) is 0 Å². The average Bonchev–Trinajstić information content (AvgIpc) is 2.78. The van der Waals surface area contributed by atoms with E-state index in [0.29, 0.717) is 18.5 Å². The molecule has 1 heterocycles. The third-order valence-electron chi connectivity index (χ3n) is 2.93. The number of hydrogen-bond acceptors (Lipinski definition) is 2. The Hall–Kier alpha value is -1.36. The summed E-state index contributed by atoms with van der Waals surface area (Å²) in [5, 5.41) is 8.99. The van der Waals surface area contributed by atoms with Gasteiger partial charge in [-0.15, -0.1) is 0 Å². The van der Waals surface area contributed by atoms with Crippen LogP contribution in [0.15, 0.2) is 28.7 Å². The number of carbonyl (C=O) groups excluding carboxylic acids is 1. The zero-order valence-corrected chi connectivity index (χ0v) is 10.7. The molecule has 1 saturated heterocycles. The Kier molecular flexibility index (Phi) is 3.47. The molecule has 1 N–H and O–H groups in total. The van der Waals surface area contributed by atoms with Crippen molar-refractivity contribution in [3.05, 3.63) is 34.3 Å². The molecule has 1 aliphatic rings. The van der Waals surface area contributed by atoms with Gasteiger partial charge in [0.15, 0.2) is 5.78 Å². The lowest BCUT2D eigenvalue weighted by Crippen LogP contribution is -2.39. The fourth-order valence-corrected chi connectivity index (χ4v) is 2.34. The predicted molar refractivity (Wildman–Crippen MR) is 66.2 cm³/mol. The molecule has 1 unspecified atom stereocenters. The van der Waals surface area contributed by atoms with Crippen molar-refractivity contribution in [2.45, 2.75) is 18.9 Å². The summed E-state index contributed by atoms with van der Waals surface area (Å²) in [5.74, 6) is -0.114. The molecule has 4 nitrogen and oxygen atoms in total. The van der Waals surface area contributed by atoms with E-state index in [1.165, 1.54) is 4.90 Å². The minimum Gasteiger partial charge on any atom is -0.465 e. The standard InChI is InChI=1S/C12H12BrNO3/c13-9-5-3-8(4-6-9)11(15)10-2-1-7-14(10)12(16)17/h3-6,10H,1-2,7H2,(H,16,17). The molecule has 1 aromatic rings. The topological polar surface area (TPSA) is 57.6 Å². The minimum atomic E-state index is -1.02. The van der Waals surface area contributed by atoms with Crippen LogP contribution < -0.4 is 0 Å². The van der Waals surface area contributed by atoms with E-state index in [1.807, 2.05) is 0 Å². The molecule has 17 heavy (non-hydrogen) atoms. The number of halogens is 1. The maximum Gasteiger partial charge on any atom is 0.407 e. The zero-order valence-electron chi connectivity index (χ0n) is 9.10. The summed E-state index contributed by atoms with van der Waals surface area (Å²) < 4.78 is 0.899. The molecule has 1 fully saturated rings. The quantitative estimate of drug-likeness (QED) is 0.854. The van der Waals surface area contributed by atoms with Crippen molar-refractivity contribution in [1.29, 1.82) is 0 Å². The van der Waals surface area contributed by atoms with E-state index in [1.54, 1.807) is 24.3 Å². The second-order valence-corrected chi connectivity index (χ2v) is 4.92. The number of hydrogen-bond donors (Lipinski definition) is 1. The molecule has 2 rings (SSSR count). The molecule has 0 saturated carbocycles. The summed E-state index contributed by atoms with van der Waals surface area (Å²) >= 11 is 3.30. The van der Waals surface area contributed by atoms with E-state index in [2.05, 4.69) is 15.9 Å². The monoisotopic (exact) mass is 297 g/mol. The second-order valence-electron chi connectivity index (χ2n) is 4.01. The van der Waals surface area contributed by atoms with E-state index in [-0.39, 0.29) is 5.78 Å². The lowest BCUT2D eigenvalue weighted by atomic mass is 10.0. The van der Waals surface area contributed by atoms with Crippen molar-refractivity contribution in [2.75, 3.05) is 6.54 Å². The van der Waals surface area contributed by atoms with Crippen LogP contribution in [0.25, 0.3) is 0 Å². The fraction of sp³-hybridized carbons (Fsp3) is 0.333. The van der Waals surface area contributed by atoms with Gasteiger partial charge in [-0.25, -0.2) is 4.79 Å². The maximum absolute atomic E-state index is 12.2. The van der Waals surface area contributed by atoms with Gasteiger partial charge in [0.2, 0.25) is 0 Å². The van der Waals surface area contributed by atoms with E-state index in [0.717, 1.165) is 10.9 Å². The molecule has 5 heteroatoms. The van der Waals surface area contributed by atoms with Crippen molar-refractivity contribution in [1.82, 2.24) is 4.90 Å². The smallest absolute Gasteiger partial charge is 0.407 e. The van der Waals surface area contributed by atoms with Gasteiger partial charge in [-0.3, -0.25) is 9.69 Å².